The third kappa shape index (κ3) is 3.72. The highest BCUT2D eigenvalue weighted by molar-refractivity contribution is 7.91. The number of hydrogen-bond acceptors (Lipinski definition) is 5. The summed E-state index contributed by atoms with van der Waals surface area (Å²) in [5, 5.41) is 8.96. The van der Waals surface area contributed by atoms with Crippen LogP contribution in [0.3, 0.4) is 0 Å². The van der Waals surface area contributed by atoms with Crippen molar-refractivity contribution in [3.05, 3.63) is 58.9 Å². The number of anilines is 1. The fourth-order valence-electron chi connectivity index (χ4n) is 3.23. The number of nitrogens with one attached hydrogen (secondary N) is 1. The van der Waals surface area contributed by atoms with E-state index in [1.165, 1.54) is 17.4 Å². The summed E-state index contributed by atoms with van der Waals surface area (Å²) in [6, 6.07) is 9.60. The molecule has 1 unspecified atom stereocenters. The molecule has 1 atom stereocenters. The number of aromatic nitrogens is 2. The number of sulfone groups is 1. The van der Waals surface area contributed by atoms with Gasteiger partial charge < -0.3 is 5.32 Å². The molecule has 6 nitrogen and oxygen atoms in total. The van der Waals surface area contributed by atoms with Crippen molar-refractivity contribution >= 4 is 32.8 Å². The fourth-order valence-corrected chi connectivity index (χ4v) is 5.65. The predicted octanol–water partition coefficient (Wildman–Crippen LogP) is 3.67. The predicted molar refractivity (Wildman–Crippen MR) is 107 cm³/mol. The van der Waals surface area contributed by atoms with Gasteiger partial charge in [0.2, 0.25) is 0 Å². The monoisotopic (exact) mass is 419 g/mol. The molecule has 146 valence electrons. The summed E-state index contributed by atoms with van der Waals surface area (Å²) >= 11 is 1.49. The van der Waals surface area contributed by atoms with Crippen molar-refractivity contribution in [1.82, 2.24) is 9.78 Å². The van der Waals surface area contributed by atoms with Gasteiger partial charge in [0.1, 0.15) is 5.82 Å². The van der Waals surface area contributed by atoms with Gasteiger partial charge >= 0.3 is 0 Å². The average molecular weight is 420 g/mol. The van der Waals surface area contributed by atoms with E-state index in [4.69, 9.17) is 0 Å². The molecule has 0 radical (unpaired) electrons. The summed E-state index contributed by atoms with van der Waals surface area (Å²) in [6.45, 7) is 1.64. The van der Waals surface area contributed by atoms with Gasteiger partial charge in [-0.15, -0.1) is 11.3 Å². The maximum Gasteiger partial charge on any atom is 0.276 e. The van der Waals surface area contributed by atoms with Crippen molar-refractivity contribution in [2.75, 3.05) is 16.8 Å². The number of rotatable bonds is 4. The highest BCUT2D eigenvalue weighted by Gasteiger charge is 2.32. The Hall–Kier alpha value is -2.52. The van der Waals surface area contributed by atoms with Gasteiger partial charge in [0.15, 0.2) is 15.5 Å². The van der Waals surface area contributed by atoms with Crippen LogP contribution in [0.1, 0.15) is 28.5 Å². The molecule has 1 fully saturated rings. The first-order valence-electron chi connectivity index (χ1n) is 8.74. The lowest BCUT2D eigenvalue weighted by molar-refractivity contribution is 0.102. The minimum Gasteiger partial charge on any atom is -0.320 e. The Kier molecular flexibility index (Phi) is 4.80. The van der Waals surface area contributed by atoms with Crippen molar-refractivity contribution in [2.24, 2.45) is 0 Å². The van der Waals surface area contributed by atoms with Crippen molar-refractivity contribution in [3.63, 3.8) is 0 Å². The number of thiophene rings is 1. The number of amides is 1. The number of carbonyl (C=O) groups is 1. The third-order valence-corrected chi connectivity index (χ3v) is 7.37. The lowest BCUT2D eigenvalue weighted by Crippen LogP contribution is -2.16. The number of halogens is 1. The molecule has 1 saturated heterocycles. The van der Waals surface area contributed by atoms with Gasteiger partial charge in [-0.05, 0) is 48.6 Å². The van der Waals surface area contributed by atoms with E-state index in [2.05, 4.69) is 10.4 Å². The van der Waals surface area contributed by atoms with Crippen LogP contribution in [0.15, 0.2) is 41.8 Å². The first-order chi connectivity index (χ1) is 13.3. The van der Waals surface area contributed by atoms with Gasteiger partial charge in [-0.25, -0.2) is 12.8 Å². The van der Waals surface area contributed by atoms with Gasteiger partial charge in [0, 0.05) is 5.69 Å². The van der Waals surface area contributed by atoms with Crippen LogP contribution in [0.4, 0.5) is 10.1 Å². The molecule has 0 bridgehead atoms. The number of carbonyl (C=O) groups excluding carboxylic acids is 1. The number of hydrogen-bond donors (Lipinski definition) is 1. The number of benzene rings is 1. The topological polar surface area (TPSA) is 81.1 Å². The van der Waals surface area contributed by atoms with E-state index in [9.17, 15) is 17.6 Å². The van der Waals surface area contributed by atoms with Crippen LogP contribution >= 0.6 is 11.3 Å². The van der Waals surface area contributed by atoms with E-state index < -0.39 is 21.6 Å². The number of nitrogens with zero attached hydrogens (tertiary/aromatic N) is 2. The van der Waals surface area contributed by atoms with Crippen LogP contribution < -0.4 is 5.32 Å². The standard InChI is InChI=1S/C19H18FN3O3S2/c1-12-4-5-13(9-15(12)20)21-19(24)16-10-17(18-3-2-7-27-18)23(22-16)14-6-8-28(25,26)11-14/h2-5,7,9-10,14H,6,8,11H2,1H3,(H,21,24). The smallest absolute Gasteiger partial charge is 0.276 e. The zero-order valence-corrected chi connectivity index (χ0v) is 16.7. The van der Waals surface area contributed by atoms with Crippen molar-refractivity contribution < 1.29 is 17.6 Å². The lowest BCUT2D eigenvalue weighted by atomic mass is 10.2. The molecule has 0 saturated carbocycles. The molecular formula is C19H18FN3O3S2. The molecule has 3 aromatic rings. The quantitative estimate of drug-likeness (QED) is 0.700. The van der Waals surface area contributed by atoms with Crippen LogP contribution in [0.2, 0.25) is 0 Å². The second-order valence-corrected chi connectivity index (χ2v) is 9.99. The lowest BCUT2D eigenvalue weighted by Gasteiger charge is -2.12. The minimum absolute atomic E-state index is 0.0112. The maximum absolute atomic E-state index is 13.7. The summed E-state index contributed by atoms with van der Waals surface area (Å²) in [4.78, 5) is 13.6. The maximum atomic E-state index is 13.7. The number of aryl methyl sites for hydroxylation is 1. The Morgan fingerprint density at radius 3 is 2.79 bits per heavy atom. The molecule has 0 aliphatic carbocycles. The first-order valence-corrected chi connectivity index (χ1v) is 11.4. The van der Waals surface area contributed by atoms with Gasteiger partial charge in [-0.2, -0.15) is 5.10 Å². The Morgan fingerprint density at radius 1 is 1.32 bits per heavy atom. The normalized spacial score (nSPS) is 18.3. The zero-order chi connectivity index (χ0) is 19.9. The highest BCUT2D eigenvalue weighted by Crippen LogP contribution is 2.32. The molecule has 1 amide bonds. The SMILES string of the molecule is Cc1ccc(NC(=O)c2cc(-c3cccs3)n(C3CCS(=O)(=O)C3)n2)cc1F. The Balaban J connectivity index is 1.67. The molecule has 9 heteroatoms. The second-order valence-electron chi connectivity index (χ2n) is 6.81. The minimum atomic E-state index is -3.10. The molecular weight excluding hydrogens is 401 g/mol. The molecule has 4 rings (SSSR count). The molecule has 1 aromatic carbocycles. The fraction of sp³-hybridized carbons (Fsp3) is 0.263. The Bertz CT molecular complexity index is 1140. The highest BCUT2D eigenvalue weighted by atomic mass is 32.2. The van der Waals surface area contributed by atoms with E-state index in [0.29, 0.717) is 23.4 Å². The largest absolute Gasteiger partial charge is 0.320 e. The first kappa shape index (κ1) is 18.8. The molecule has 0 spiro atoms. The van der Waals surface area contributed by atoms with E-state index in [1.807, 2.05) is 17.5 Å². The van der Waals surface area contributed by atoms with Gasteiger partial charge in [0.25, 0.3) is 5.91 Å². The summed E-state index contributed by atoms with van der Waals surface area (Å²) < 4.78 is 39.2. The molecule has 28 heavy (non-hydrogen) atoms. The van der Waals surface area contributed by atoms with Crippen molar-refractivity contribution in [3.8, 4) is 10.6 Å². The summed E-state index contributed by atoms with van der Waals surface area (Å²) in [7, 11) is -3.10. The molecule has 1 aliphatic rings. The van der Waals surface area contributed by atoms with Crippen molar-refractivity contribution in [2.45, 2.75) is 19.4 Å². The van der Waals surface area contributed by atoms with Crippen molar-refractivity contribution in [1.29, 1.82) is 0 Å². The summed E-state index contributed by atoms with van der Waals surface area (Å²) in [5.41, 5.74) is 1.69. The van der Waals surface area contributed by atoms with Crippen LogP contribution in [-0.2, 0) is 9.84 Å². The summed E-state index contributed by atoms with van der Waals surface area (Å²) in [5.74, 6) is -0.748. The molecule has 1 N–H and O–H groups in total. The van der Waals surface area contributed by atoms with Gasteiger partial charge in [0.05, 0.1) is 28.1 Å². The van der Waals surface area contributed by atoms with Crippen LogP contribution in [0, 0.1) is 12.7 Å². The van der Waals surface area contributed by atoms with Crippen LogP contribution in [0.5, 0.6) is 0 Å². The third-order valence-electron chi connectivity index (χ3n) is 4.73. The molecule has 1 aliphatic heterocycles. The second kappa shape index (κ2) is 7.14. The zero-order valence-electron chi connectivity index (χ0n) is 15.1. The molecule has 2 aromatic heterocycles. The molecule has 3 heterocycles. The summed E-state index contributed by atoms with van der Waals surface area (Å²) in [6.07, 6.45) is 0.465. The Labute approximate surface area is 165 Å². The van der Waals surface area contributed by atoms with E-state index in [1.54, 1.807) is 29.8 Å². The van der Waals surface area contributed by atoms with Crippen LogP contribution in [0.25, 0.3) is 10.6 Å². The van der Waals surface area contributed by atoms with Gasteiger partial charge in [-0.1, -0.05) is 12.1 Å². The van der Waals surface area contributed by atoms with Crippen LogP contribution in [-0.4, -0.2) is 35.6 Å². The van der Waals surface area contributed by atoms with E-state index in [-0.39, 0.29) is 23.2 Å². The van der Waals surface area contributed by atoms with E-state index in [0.717, 1.165) is 4.88 Å². The Morgan fingerprint density at radius 2 is 2.14 bits per heavy atom. The average Bonchev–Trinajstić information content (AvgIpc) is 3.36. The van der Waals surface area contributed by atoms with Gasteiger partial charge in [-0.3, -0.25) is 9.48 Å². The van der Waals surface area contributed by atoms with E-state index >= 15 is 0 Å².